The van der Waals surface area contributed by atoms with Gasteiger partial charge < -0.3 is 14.4 Å². The van der Waals surface area contributed by atoms with Crippen molar-refractivity contribution in [2.24, 2.45) is 0 Å². The van der Waals surface area contributed by atoms with Gasteiger partial charge in [-0.2, -0.15) is 0 Å². The van der Waals surface area contributed by atoms with Gasteiger partial charge in [-0.25, -0.2) is 4.79 Å². The molecule has 2 aliphatic heterocycles. The molecule has 6 nitrogen and oxygen atoms in total. The first-order valence-electron chi connectivity index (χ1n) is 12.2. The van der Waals surface area contributed by atoms with Crippen LogP contribution in [0.1, 0.15) is 44.7 Å². The summed E-state index contributed by atoms with van der Waals surface area (Å²) in [7, 11) is 3.04. The summed E-state index contributed by atoms with van der Waals surface area (Å²) in [6, 6.07) is 18.5. The van der Waals surface area contributed by atoms with Crippen LogP contribution in [0.4, 0.5) is 5.69 Å². The fraction of sp³-hybridized carbons (Fsp3) is 0.310. The molecule has 0 N–H and O–H groups in total. The highest BCUT2D eigenvalue weighted by Gasteiger charge is 2.47. The van der Waals surface area contributed by atoms with E-state index in [0.29, 0.717) is 27.7 Å². The summed E-state index contributed by atoms with van der Waals surface area (Å²) in [5.41, 5.74) is 4.02. The molecular weight excluding hydrogens is 511 g/mol. The molecule has 5 rings (SSSR count). The molecule has 3 aromatic rings. The van der Waals surface area contributed by atoms with Crippen LogP contribution in [-0.4, -0.2) is 50.6 Å². The predicted octanol–water partition coefficient (Wildman–Crippen LogP) is 5.98. The molecule has 0 aromatic heterocycles. The van der Waals surface area contributed by atoms with Crippen LogP contribution in [0.15, 0.2) is 60.7 Å². The number of methoxy groups -OCH3 is 2. The van der Waals surface area contributed by atoms with Crippen molar-refractivity contribution in [2.75, 3.05) is 38.8 Å². The molecule has 0 radical (unpaired) electrons. The van der Waals surface area contributed by atoms with Crippen molar-refractivity contribution >= 4 is 40.8 Å². The Morgan fingerprint density at radius 2 is 1.68 bits per heavy atom. The van der Waals surface area contributed by atoms with Crippen molar-refractivity contribution in [1.82, 2.24) is 4.90 Å². The predicted molar refractivity (Wildman–Crippen MR) is 145 cm³/mol. The number of amides is 1. The standard InChI is InChI=1S/C29H28Cl2N2O4/c1-36-22-8-10-26-24(16-22)29(18-33(26)27(34)23-9-7-21(30)15-25(23)31)11-13-32(14-12-29)17-19-3-5-20(6-4-19)28(35)37-2/h3-10,15-16H,11-14,17-18H2,1-2H3. The second kappa shape index (κ2) is 10.4. The van der Waals surface area contributed by atoms with Crippen LogP contribution in [0.3, 0.4) is 0 Å². The van der Waals surface area contributed by atoms with Crippen molar-refractivity contribution in [3.8, 4) is 5.75 Å². The number of anilines is 1. The number of esters is 1. The fourth-order valence-electron chi connectivity index (χ4n) is 5.45. The number of carbonyl (C=O) groups is 2. The molecule has 2 heterocycles. The molecule has 192 valence electrons. The number of hydrogen-bond donors (Lipinski definition) is 0. The first-order valence-corrected chi connectivity index (χ1v) is 12.9. The van der Waals surface area contributed by atoms with Crippen LogP contribution in [0, 0.1) is 0 Å². The van der Waals surface area contributed by atoms with Gasteiger partial charge in [0.1, 0.15) is 5.75 Å². The average molecular weight is 539 g/mol. The maximum Gasteiger partial charge on any atom is 0.337 e. The molecular formula is C29H28Cl2N2O4. The Balaban J connectivity index is 1.36. The first-order chi connectivity index (χ1) is 17.8. The Kier molecular flexibility index (Phi) is 7.17. The number of carbonyl (C=O) groups excluding carboxylic acids is 2. The van der Waals surface area contributed by atoms with E-state index in [-0.39, 0.29) is 17.3 Å². The number of hydrogen-bond acceptors (Lipinski definition) is 5. The fourth-order valence-corrected chi connectivity index (χ4v) is 5.94. The molecule has 0 aliphatic carbocycles. The Hall–Kier alpha value is -3.06. The Morgan fingerprint density at radius 1 is 0.946 bits per heavy atom. The van der Waals surface area contributed by atoms with E-state index in [1.165, 1.54) is 7.11 Å². The monoisotopic (exact) mass is 538 g/mol. The topological polar surface area (TPSA) is 59.1 Å². The van der Waals surface area contributed by atoms with Crippen molar-refractivity contribution in [3.05, 3.63) is 93.0 Å². The highest BCUT2D eigenvalue weighted by molar-refractivity contribution is 6.37. The minimum atomic E-state index is -0.333. The van der Waals surface area contributed by atoms with Gasteiger partial charge in [-0.05, 0) is 85.6 Å². The molecule has 1 saturated heterocycles. The third-order valence-corrected chi connectivity index (χ3v) is 8.08. The van der Waals surface area contributed by atoms with Crippen molar-refractivity contribution in [1.29, 1.82) is 0 Å². The summed E-state index contributed by atoms with van der Waals surface area (Å²) in [6.07, 6.45) is 1.82. The van der Waals surface area contributed by atoms with Crippen molar-refractivity contribution in [3.63, 3.8) is 0 Å². The summed E-state index contributed by atoms with van der Waals surface area (Å²) < 4.78 is 10.3. The highest BCUT2D eigenvalue weighted by Crippen LogP contribution is 2.49. The molecule has 0 bridgehead atoms. The molecule has 0 atom stereocenters. The van der Waals surface area contributed by atoms with Crippen LogP contribution in [-0.2, 0) is 16.7 Å². The maximum absolute atomic E-state index is 13.6. The number of ether oxygens (including phenoxy) is 2. The van der Waals surface area contributed by atoms with Crippen molar-refractivity contribution in [2.45, 2.75) is 24.8 Å². The molecule has 1 amide bonds. The van der Waals surface area contributed by atoms with Crippen LogP contribution in [0.25, 0.3) is 0 Å². The number of fused-ring (bicyclic) bond motifs is 2. The van der Waals surface area contributed by atoms with E-state index in [1.807, 2.05) is 29.2 Å². The third kappa shape index (κ3) is 4.93. The lowest BCUT2D eigenvalue weighted by Crippen LogP contribution is -2.45. The molecule has 8 heteroatoms. The Labute approximate surface area is 226 Å². The average Bonchev–Trinajstić information content (AvgIpc) is 3.22. The van der Waals surface area contributed by atoms with E-state index in [0.717, 1.165) is 55.0 Å². The van der Waals surface area contributed by atoms with E-state index in [1.54, 1.807) is 37.4 Å². The van der Waals surface area contributed by atoms with Gasteiger partial charge in [0, 0.05) is 29.2 Å². The van der Waals surface area contributed by atoms with Crippen LogP contribution >= 0.6 is 23.2 Å². The Bertz CT molecular complexity index is 1330. The molecule has 1 fully saturated rings. The van der Waals surface area contributed by atoms with Gasteiger partial charge in [0.15, 0.2) is 0 Å². The third-order valence-electron chi connectivity index (χ3n) is 7.53. The second-order valence-electron chi connectivity index (χ2n) is 9.64. The SMILES string of the molecule is COC(=O)c1ccc(CN2CCC3(CC2)CN(C(=O)c2ccc(Cl)cc2Cl)c2ccc(OC)cc23)cc1. The second-order valence-corrected chi connectivity index (χ2v) is 10.5. The molecule has 3 aromatic carbocycles. The van der Waals surface area contributed by atoms with E-state index in [4.69, 9.17) is 32.7 Å². The van der Waals surface area contributed by atoms with Crippen LogP contribution in [0.5, 0.6) is 5.75 Å². The summed E-state index contributed by atoms with van der Waals surface area (Å²) in [5, 5.41) is 0.846. The van der Waals surface area contributed by atoms with E-state index in [9.17, 15) is 9.59 Å². The minimum absolute atomic E-state index is 0.127. The van der Waals surface area contributed by atoms with E-state index >= 15 is 0 Å². The number of rotatable bonds is 5. The Morgan fingerprint density at radius 3 is 2.32 bits per heavy atom. The summed E-state index contributed by atoms with van der Waals surface area (Å²) in [5.74, 6) is 0.323. The van der Waals surface area contributed by atoms with Gasteiger partial charge >= 0.3 is 5.97 Å². The van der Waals surface area contributed by atoms with Gasteiger partial charge in [0.05, 0.1) is 30.4 Å². The molecule has 2 aliphatic rings. The summed E-state index contributed by atoms with van der Waals surface area (Å²) in [6.45, 7) is 3.17. The van der Waals surface area contributed by atoms with Crippen molar-refractivity contribution < 1.29 is 19.1 Å². The molecule has 0 saturated carbocycles. The smallest absolute Gasteiger partial charge is 0.337 e. The maximum atomic E-state index is 13.6. The van der Waals surface area contributed by atoms with Crippen LogP contribution < -0.4 is 9.64 Å². The molecule has 37 heavy (non-hydrogen) atoms. The van der Waals surface area contributed by atoms with Crippen LogP contribution in [0.2, 0.25) is 10.0 Å². The number of halogens is 2. The summed E-state index contributed by atoms with van der Waals surface area (Å²) >= 11 is 12.5. The molecule has 1 spiro atoms. The zero-order chi connectivity index (χ0) is 26.2. The first kappa shape index (κ1) is 25.6. The molecule has 0 unspecified atom stereocenters. The lowest BCUT2D eigenvalue weighted by Gasteiger charge is -2.40. The highest BCUT2D eigenvalue weighted by atomic mass is 35.5. The van der Waals surface area contributed by atoms with E-state index in [2.05, 4.69) is 11.0 Å². The van der Waals surface area contributed by atoms with Gasteiger partial charge in [-0.1, -0.05) is 35.3 Å². The van der Waals surface area contributed by atoms with Gasteiger partial charge in [0.2, 0.25) is 0 Å². The van der Waals surface area contributed by atoms with E-state index < -0.39 is 0 Å². The zero-order valence-electron chi connectivity index (χ0n) is 20.8. The largest absolute Gasteiger partial charge is 0.497 e. The van der Waals surface area contributed by atoms with Gasteiger partial charge in [-0.3, -0.25) is 9.69 Å². The lowest BCUT2D eigenvalue weighted by atomic mass is 9.74. The van der Waals surface area contributed by atoms with Gasteiger partial charge in [-0.15, -0.1) is 0 Å². The lowest BCUT2D eigenvalue weighted by molar-refractivity contribution is 0.0600. The minimum Gasteiger partial charge on any atom is -0.497 e. The number of benzene rings is 3. The van der Waals surface area contributed by atoms with Gasteiger partial charge in [0.25, 0.3) is 5.91 Å². The summed E-state index contributed by atoms with van der Waals surface area (Å²) in [4.78, 5) is 29.6. The number of nitrogens with zero attached hydrogens (tertiary/aromatic N) is 2. The quantitative estimate of drug-likeness (QED) is 0.374. The number of likely N-dealkylation sites (tertiary alicyclic amines) is 1. The zero-order valence-corrected chi connectivity index (χ0v) is 22.3. The number of piperidine rings is 1. The normalized spacial score (nSPS) is 16.5.